The number of H-pyrrole nitrogens is 2. The summed E-state index contributed by atoms with van der Waals surface area (Å²) in [6, 6.07) is 8.17. The van der Waals surface area contributed by atoms with E-state index < -0.39 is 0 Å². The van der Waals surface area contributed by atoms with Crippen LogP contribution in [0.4, 0.5) is 0 Å². The van der Waals surface area contributed by atoms with E-state index in [-0.39, 0.29) is 6.10 Å². The standard InChI is InChI=1S/C16H17N5OS/c1-10-12(11-5-2-3-6-13(11)18-10)9-17-21-15(19-20-16(21)23)14-7-4-8-22-14/h2-3,5-6,9,14,18H,4,7-8H2,1H3,(H,20,23)/b17-9-. The maximum absolute atomic E-state index is 5.69. The highest BCUT2D eigenvalue weighted by Gasteiger charge is 2.23. The van der Waals surface area contributed by atoms with Gasteiger partial charge in [0.2, 0.25) is 4.77 Å². The van der Waals surface area contributed by atoms with Gasteiger partial charge in [0.1, 0.15) is 6.10 Å². The van der Waals surface area contributed by atoms with Crippen molar-refractivity contribution < 1.29 is 4.74 Å². The molecule has 7 heteroatoms. The van der Waals surface area contributed by atoms with E-state index in [1.54, 1.807) is 4.68 Å². The van der Waals surface area contributed by atoms with Crippen LogP contribution in [0.2, 0.25) is 0 Å². The van der Waals surface area contributed by atoms with Gasteiger partial charge in [0.15, 0.2) is 5.82 Å². The van der Waals surface area contributed by atoms with Gasteiger partial charge in [-0.1, -0.05) is 18.2 Å². The molecule has 1 aromatic carbocycles. The van der Waals surface area contributed by atoms with E-state index in [4.69, 9.17) is 17.0 Å². The molecule has 1 aliphatic rings. The van der Waals surface area contributed by atoms with Gasteiger partial charge in [-0.25, -0.2) is 0 Å². The molecule has 0 aliphatic carbocycles. The zero-order valence-corrected chi connectivity index (χ0v) is 13.6. The number of benzene rings is 1. The van der Waals surface area contributed by atoms with Crippen LogP contribution in [0.5, 0.6) is 0 Å². The number of nitrogens with zero attached hydrogens (tertiary/aromatic N) is 3. The second kappa shape index (κ2) is 5.75. The third kappa shape index (κ3) is 2.51. The van der Waals surface area contributed by atoms with Gasteiger partial charge in [-0.2, -0.15) is 14.9 Å². The van der Waals surface area contributed by atoms with Crippen molar-refractivity contribution in [3.8, 4) is 0 Å². The van der Waals surface area contributed by atoms with Crippen LogP contribution in [-0.4, -0.2) is 32.7 Å². The van der Waals surface area contributed by atoms with Crippen molar-refractivity contribution in [3.63, 3.8) is 0 Å². The van der Waals surface area contributed by atoms with E-state index in [1.807, 2.05) is 25.3 Å². The predicted molar refractivity (Wildman–Crippen MR) is 91.4 cm³/mol. The maximum Gasteiger partial charge on any atom is 0.216 e. The first-order valence-electron chi connectivity index (χ1n) is 7.64. The van der Waals surface area contributed by atoms with E-state index in [1.165, 1.54) is 0 Å². The van der Waals surface area contributed by atoms with Crippen LogP contribution in [0.25, 0.3) is 10.9 Å². The molecule has 23 heavy (non-hydrogen) atoms. The summed E-state index contributed by atoms with van der Waals surface area (Å²) < 4.78 is 7.83. The molecule has 4 rings (SSSR count). The summed E-state index contributed by atoms with van der Waals surface area (Å²) >= 11 is 5.30. The minimum absolute atomic E-state index is 0.0378. The van der Waals surface area contributed by atoms with Crippen LogP contribution >= 0.6 is 12.2 Å². The highest BCUT2D eigenvalue weighted by atomic mass is 32.1. The molecule has 1 aliphatic heterocycles. The molecule has 6 nitrogen and oxygen atoms in total. The van der Waals surface area contributed by atoms with Crippen molar-refractivity contribution in [2.45, 2.75) is 25.9 Å². The number of hydrogen-bond acceptors (Lipinski definition) is 4. The number of aromatic nitrogens is 4. The molecule has 1 atom stereocenters. The molecule has 118 valence electrons. The number of ether oxygens (including phenoxy) is 1. The highest BCUT2D eigenvalue weighted by Crippen LogP contribution is 2.27. The number of nitrogens with one attached hydrogen (secondary N) is 2. The first kappa shape index (κ1) is 14.3. The summed E-state index contributed by atoms with van der Waals surface area (Å²) in [6.45, 7) is 2.80. The fraction of sp³-hybridized carbons (Fsp3) is 0.312. The van der Waals surface area contributed by atoms with Crippen molar-refractivity contribution in [3.05, 3.63) is 46.1 Å². The van der Waals surface area contributed by atoms with E-state index >= 15 is 0 Å². The lowest BCUT2D eigenvalue weighted by molar-refractivity contribution is 0.102. The normalized spacial score (nSPS) is 18.4. The molecule has 1 unspecified atom stereocenters. The Morgan fingerprint density at radius 2 is 2.30 bits per heavy atom. The van der Waals surface area contributed by atoms with E-state index in [0.29, 0.717) is 4.77 Å². The third-order valence-corrected chi connectivity index (χ3v) is 4.40. The average Bonchev–Trinajstić information content (AvgIpc) is 3.25. The van der Waals surface area contributed by atoms with Crippen molar-refractivity contribution in [1.29, 1.82) is 0 Å². The van der Waals surface area contributed by atoms with E-state index in [0.717, 1.165) is 47.4 Å². The van der Waals surface area contributed by atoms with Gasteiger partial charge in [0, 0.05) is 28.8 Å². The lowest BCUT2D eigenvalue weighted by Crippen LogP contribution is -2.05. The number of fused-ring (bicyclic) bond motifs is 1. The number of hydrogen-bond donors (Lipinski definition) is 2. The quantitative estimate of drug-likeness (QED) is 0.571. The smallest absolute Gasteiger partial charge is 0.216 e. The molecular weight excluding hydrogens is 310 g/mol. The summed E-state index contributed by atoms with van der Waals surface area (Å²) in [4.78, 5) is 3.37. The van der Waals surface area contributed by atoms with E-state index in [9.17, 15) is 0 Å². The Labute approximate surface area is 138 Å². The van der Waals surface area contributed by atoms with Gasteiger partial charge in [0.25, 0.3) is 0 Å². The lowest BCUT2D eigenvalue weighted by Gasteiger charge is -2.07. The van der Waals surface area contributed by atoms with Gasteiger partial charge in [-0.05, 0) is 38.0 Å². The molecule has 0 amide bonds. The molecular formula is C16H17N5OS. The third-order valence-electron chi connectivity index (χ3n) is 4.14. The van der Waals surface area contributed by atoms with Crippen LogP contribution in [0.15, 0.2) is 29.4 Å². The Morgan fingerprint density at radius 3 is 3.13 bits per heavy atom. The number of para-hydroxylation sites is 1. The molecule has 1 fully saturated rings. The van der Waals surface area contributed by atoms with Crippen LogP contribution < -0.4 is 0 Å². The Kier molecular flexibility index (Phi) is 3.59. The summed E-state index contributed by atoms with van der Waals surface area (Å²) in [6.07, 6.45) is 3.78. The minimum atomic E-state index is -0.0378. The number of aryl methyl sites for hydroxylation is 1. The second-order valence-electron chi connectivity index (χ2n) is 5.65. The molecule has 0 saturated carbocycles. The van der Waals surface area contributed by atoms with E-state index in [2.05, 4.69) is 32.4 Å². The first-order chi connectivity index (χ1) is 11.2. The Bertz CT molecular complexity index is 929. The molecule has 3 aromatic rings. The predicted octanol–water partition coefficient (Wildman–Crippen LogP) is 3.46. The minimum Gasteiger partial charge on any atom is -0.370 e. The second-order valence-corrected chi connectivity index (χ2v) is 6.04. The molecule has 0 bridgehead atoms. The van der Waals surface area contributed by atoms with Crippen molar-refractivity contribution >= 4 is 29.3 Å². The number of aromatic amines is 2. The summed E-state index contributed by atoms with van der Waals surface area (Å²) in [5, 5.41) is 12.8. The summed E-state index contributed by atoms with van der Waals surface area (Å²) in [5.41, 5.74) is 3.23. The Balaban J connectivity index is 1.75. The van der Waals surface area contributed by atoms with Crippen LogP contribution in [0.1, 0.15) is 36.0 Å². The maximum atomic E-state index is 5.69. The molecule has 0 spiro atoms. The largest absolute Gasteiger partial charge is 0.370 e. The zero-order chi connectivity index (χ0) is 15.8. The SMILES string of the molecule is Cc1[nH]c2ccccc2c1/C=N\n1c(C2CCCO2)n[nH]c1=S. The fourth-order valence-electron chi connectivity index (χ4n) is 2.99. The summed E-state index contributed by atoms with van der Waals surface area (Å²) in [7, 11) is 0. The van der Waals surface area contributed by atoms with Gasteiger partial charge in [-0.3, -0.25) is 5.10 Å². The molecule has 3 heterocycles. The molecule has 2 N–H and O–H groups in total. The van der Waals surface area contributed by atoms with Gasteiger partial charge in [0.05, 0.1) is 6.21 Å². The fourth-order valence-corrected chi connectivity index (χ4v) is 3.17. The molecule has 2 aromatic heterocycles. The first-order valence-corrected chi connectivity index (χ1v) is 8.05. The summed E-state index contributed by atoms with van der Waals surface area (Å²) in [5.74, 6) is 0.737. The van der Waals surface area contributed by atoms with Gasteiger partial charge >= 0.3 is 0 Å². The van der Waals surface area contributed by atoms with Crippen molar-refractivity contribution in [1.82, 2.24) is 19.9 Å². The average molecular weight is 327 g/mol. The molecule has 0 radical (unpaired) electrons. The number of rotatable bonds is 3. The zero-order valence-electron chi connectivity index (χ0n) is 12.7. The van der Waals surface area contributed by atoms with Gasteiger partial charge in [-0.15, -0.1) is 0 Å². The molecule has 1 saturated heterocycles. The Hall–Kier alpha value is -2.25. The van der Waals surface area contributed by atoms with Crippen LogP contribution in [-0.2, 0) is 4.74 Å². The van der Waals surface area contributed by atoms with Crippen molar-refractivity contribution in [2.75, 3.05) is 6.61 Å². The lowest BCUT2D eigenvalue weighted by atomic mass is 10.1. The van der Waals surface area contributed by atoms with Gasteiger partial charge < -0.3 is 9.72 Å². The monoisotopic (exact) mass is 327 g/mol. The van der Waals surface area contributed by atoms with Crippen LogP contribution in [0, 0.1) is 11.7 Å². The topological polar surface area (TPSA) is 71.0 Å². The van der Waals surface area contributed by atoms with Crippen LogP contribution in [0.3, 0.4) is 0 Å². The highest BCUT2D eigenvalue weighted by molar-refractivity contribution is 7.71. The Morgan fingerprint density at radius 1 is 1.43 bits per heavy atom. The van der Waals surface area contributed by atoms with Crippen molar-refractivity contribution in [2.24, 2.45) is 5.10 Å².